The third-order valence-electron chi connectivity index (χ3n) is 5.75. The highest BCUT2D eigenvalue weighted by Gasteiger charge is 2.19. The Labute approximate surface area is 211 Å². The monoisotopic (exact) mass is 484 g/mol. The van der Waals surface area contributed by atoms with Crippen molar-refractivity contribution in [3.63, 3.8) is 0 Å². The number of hydrogen-bond acceptors (Lipinski definition) is 5. The van der Waals surface area contributed by atoms with Gasteiger partial charge in [-0.1, -0.05) is 43.3 Å². The fourth-order valence-electron chi connectivity index (χ4n) is 3.86. The number of hydrogen-bond donors (Lipinski definition) is 3. The minimum atomic E-state index is -0.140. The van der Waals surface area contributed by atoms with E-state index in [1.54, 1.807) is 12.1 Å². The second-order valence-electron chi connectivity index (χ2n) is 8.84. The molecule has 0 fully saturated rings. The van der Waals surface area contributed by atoms with Gasteiger partial charge in [-0.3, -0.25) is 4.79 Å². The van der Waals surface area contributed by atoms with E-state index in [0.29, 0.717) is 35.5 Å². The van der Waals surface area contributed by atoms with Crippen LogP contribution in [0, 0.1) is 0 Å². The van der Waals surface area contributed by atoms with Crippen LogP contribution < -0.4 is 10.1 Å². The van der Waals surface area contributed by atoms with Crippen molar-refractivity contribution < 1.29 is 14.6 Å². The second kappa shape index (κ2) is 11.6. The Morgan fingerprint density at radius 2 is 1.78 bits per heavy atom. The van der Waals surface area contributed by atoms with Crippen LogP contribution in [0.4, 0.5) is 5.69 Å². The van der Waals surface area contributed by atoms with Gasteiger partial charge < -0.3 is 25.0 Å². The Kier molecular flexibility index (Phi) is 8.02. The molecule has 0 aliphatic heterocycles. The molecule has 0 atom stereocenters. The van der Waals surface area contributed by atoms with Crippen molar-refractivity contribution in [3.05, 3.63) is 89.5 Å². The van der Waals surface area contributed by atoms with Gasteiger partial charge in [-0.2, -0.15) is 0 Å². The lowest BCUT2D eigenvalue weighted by atomic mass is 10.00. The van der Waals surface area contributed by atoms with Crippen LogP contribution in [0.1, 0.15) is 34.8 Å². The van der Waals surface area contributed by atoms with Crippen molar-refractivity contribution in [1.82, 2.24) is 15.2 Å². The van der Waals surface area contributed by atoms with E-state index in [4.69, 9.17) is 9.73 Å². The van der Waals surface area contributed by atoms with Crippen LogP contribution in [0.25, 0.3) is 10.9 Å². The summed E-state index contributed by atoms with van der Waals surface area (Å²) in [6.07, 6.45) is 0.863. The Morgan fingerprint density at radius 3 is 2.47 bits per heavy atom. The predicted molar refractivity (Wildman–Crippen MR) is 145 cm³/mol. The summed E-state index contributed by atoms with van der Waals surface area (Å²) < 4.78 is 5.80. The highest BCUT2D eigenvalue weighted by Crippen LogP contribution is 2.32. The number of carbonyl (C=O) groups is 1. The molecule has 0 saturated carbocycles. The second-order valence-corrected chi connectivity index (χ2v) is 8.84. The lowest BCUT2D eigenvalue weighted by molar-refractivity contribution is 0.0953. The van der Waals surface area contributed by atoms with Crippen molar-refractivity contribution in [2.75, 3.05) is 33.8 Å². The number of H-pyrrole nitrogens is 1. The molecule has 0 aliphatic rings. The molecular formula is C29H32N4O3. The first-order valence-electron chi connectivity index (χ1n) is 12.1. The highest BCUT2D eigenvalue weighted by atomic mass is 16.5. The first kappa shape index (κ1) is 25.0. The van der Waals surface area contributed by atoms with Gasteiger partial charge in [0.25, 0.3) is 5.91 Å². The molecule has 7 nitrogen and oxygen atoms in total. The quantitative estimate of drug-likeness (QED) is 0.273. The van der Waals surface area contributed by atoms with Gasteiger partial charge in [-0.15, -0.1) is 0 Å². The third-order valence-corrected chi connectivity index (χ3v) is 5.75. The summed E-state index contributed by atoms with van der Waals surface area (Å²) in [5.41, 5.74) is 4.02. The van der Waals surface area contributed by atoms with Crippen molar-refractivity contribution in [2.45, 2.75) is 13.3 Å². The van der Waals surface area contributed by atoms with Gasteiger partial charge in [0.1, 0.15) is 12.4 Å². The lowest BCUT2D eigenvalue weighted by Crippen LogP contribution is -2.23. The zero-order valence-electron chi connectivity index (χ0n) is 20.9. The van der Waals surface area contributed by atoms with Gasteiger partial charge in [-0.25, -0.2) is 4.99 Å². The normalized spacial score (nSPS) is 11.7. The third kappa shape index (κ3) is 5.93. The Balaban J connectivity index is 1.71. The van der Waals surface area contributed by atoms with Crippen molar-refractivity contribution in [2.24, 2.45) is 4.99 Å². The molecule has 36 heavy (non-hydrogen) atoms. The average molecular weight is 485 g/mol. The maximum absolute atomic E-state index is 12.4. The number of nitrogens with one attached hydrogen (secondary N) is 2. The lowest BCUT2D eigenvalue weighted by Gasteiger charge is -2.11. The molecule has 4 rings (SSSR count). The molecule has 3 aromatic carbocycles. The van der Waals surface area contributed by atoms with Crippen molar-refractivity contribution >= 4 is 28.2 Å². The van der Waals surface area contributed by atoms with Crippen molar-refractivity contribution in [1.29, 1.82) is 0 Å². The number of aromatic nitrogens is 1. The smallest absolute Gasteiger partial charge is 0.251 e. The number of nitrogens with zero attached hydrogens (tertiary/aromatic N) is 2. The number of likely N-dealkylation sites (N-methyl/N-ethyl adjacent to an activating group) is 1. The van der Waals surface area contributed by atoms with Crippen LogP contribution in [0.2, 0.25) is 0 Å². The number of benzene rings is 3. The van der Waals surface area contributed by atoms with Crippen LogP contribution in [-0.2, 0) is 0 Å². The molecule has 1 aromatic heterocycles. The molecule has 7 heteroatoms. The van der Waals surface area contributed by atoms with Crippen LogP contribution in [0.15, 0.2) is 77.8 Å². The van der Waals surface area contributed by atoms with Crippen LogP contribution in [-0.4, -0.2) is 60.4 Å². The summed E-state index contributed by atoms with van der Waals surface area (Å²) in [7, 11) is 4.02. The summed E-state index contributed by atoms with van der Waals surface area (Å²) in [6.45, 7) is 4.06. The standard InChI is InChI=1S/C29H32N4O3/c1-4-16-30-28(34)21-10-15-24-25(19-21)32-29(35)26(24)27(20-8-6-5-7-9-20)31-22-11-13-23(14-12-22)36-18-17-33(2)3/h5-15,19,32,35H,4,16-18H2,1-3H3,(H,30,34). The van der Waals surface area contributed by atoms with E-state index in [0.717, 1.165) is 35.4 Å². The number of aromatic amines is 1. The van der Waals surface area contributed by atoms with Crippen LogP contribution in [0.5, 0.6) is 11.6 Å². The van der Waals surface area contributed by atoms with E-state index in [2.05, 4.69) is 15.2 Å². The molecule has 1 amide bonds. The zero-order valence-corrected chi connectivity index (χ0v) is 20.9. The topological polar surface area (TPSA) is 89.9 Å². The Morgan fingerprint density at radius 1 is 1.03 bits per heavy atom. The predicted octanol–water partition coefficient (Wildman–Crippen LogP) is 5.12. The molecule has 0 aliphatic carbocycles. The molecule has 0 spiro atoms. The number of amides is 1. The SMILES string of the molecule is CCCNC(=O)c1ccc2c(C(=Nc3ccc(OCCN(C)C)cc3)c3ccccc3)c(O)[nH]c2c1. The van der Waals surface area contributed by atoms with E-state index in [-0.39, 0.29) is 11.8 Å². The van der Waals surface area contributed by atoms with E-state index in [1.165, 1.54) is 0 Å². The zero-order chi connectivity index (χ0) is 25.5. The van der Waals surface area contributed by atoms with Gasteiger partial charge in [0, 0.05) is 35.1 Å². The van der Waals surface area contributed by atoms with Gasteiger partial charge in [-0.05, 0) is 56.9 Å². The summed E-state index contributed by atoms with van der Waals surface area (Å²) in [4.78, 5) is 22.5. The van der Waals surface area contributed by atoms with E-state index >= 15 is 0 Å². The minimum Gasteiger partial charge on any atom is -0.494 e. The van der Waals surface area contributed by atoms with Gasteiger partial charge in [0.15, 0.2) is 5.88 Å². The van der Waals surface area contributed by atoms with Crippen LogP contribution in [0.3, 0.4) is 0 Å². The van der Waals surface area contributed by atoms with Gasteiger partial charge in [0.05, 0.1) is 17.0 Å². The maximum atomic E-state index is 12.4. The fourth-order valence-corrected chi connectivity index (χ4v) is 3.86. The van der Waals surface area contributed by atoms with E-state index in [9.17, 15) is 9.90 Å². The summed E-state index contributed by atoms with van der Waals surface area (Å²) in [6, 6.07) is 22.7. The molecule has 1 heterocycles. The highest BCUT2D eigenvalue weighted by molar-refractivity contribution is 6.22. The summed E-state index contributed by atoms with van der Waals surface area (Å²) in [5.74, 6) is 0.641. The van der Waals surface area contributed by atoms with E-state index < -0.39 is 0 Å². The molecule has 0 bridgehead atoms. The molecule has 4 aromatic rings. The molecule has 186 valence electrons. The molecule has 3 N–H and O–H groups in total. The first-order chi connectivity index (χ1) is 17.5. The largest absolute Gasteiger partial charge is 0.494 e. The average Bonchev–Trinajstić information content (AvgIpc) is 3.21. The molecule has 0 unspecified atom stereocenters. The summed E-state index contributed by atoms with van der Waals surface area (Å²) >= 11 is 0. The number of aromatic hydroxyl groups is 1. The molecular weight excluding hydrogens is 452 g/mol. The number of rotatable bonds is 10. The number of fused-ring (bicyclic) bond motifs is 1. The van der Waals surface area contributed by atoms with E-state index in [1.807, 2.05) is 81.7 Å². The Hall–Kier alpha value is -4.10. The Bertz CT molecular complexity index is 1340. The number of ether oxygens (including phenoxy) is 1. The summed E-state index contributed by atoms with van der Waals surface area (Å²) in [5, 5.41) is 14.6. The maximum Gasteiger partial charge on any atom is 0.251 e. The fraction of sp³-hybridized carbons (Fsp3) is 0.241. The number of aliphatic imine (C=N–C) groups is 1. The van der Waals surface area contributed by atoms with Crippen molar-refractivity contribution in [3.8, 4) is 11.6 Å². The van der Waals surface area contributed by atoms with Gasteiger partial charge >= 0.3 is 0 Å². The van der Waals surface area contributed by atoms with Gasteiger partial charge in [0.2, 0.25) is 0 Å². The minimum absolute atomic E-state index is 0.00218. The molecule has 0 saturated heterocycles. The first-order valence-corrected chi connectivity index (χ1v) is 12.1. The number of carbonyl (C=O) groups excluding carboxylic acids is 1. The van der Waals surface area contributed by atoms with Crippen LogP contribution >= 0.6 is 0 Å². The molecule has 0 radical (unpaired) electrons.